The molecule has 5 heteroatoms. The molecule has 6 rings (SSSR count). The molecule has 4 aliphatic carbocycles. The third kappa shape index (κ3) is 3.68. The summed E-state index contributed by atoms with van der Waals surface area (Å²) in [7, 11) is 0. The largest absolute Gasteiger partial charge is 0.510 e. The van der Waals surface area contributed by atoms with Gasteiger partial charge in [0.1, 0.15) is 0 Å². The van der Waals surface area contributed by atoms with E-state index in [1.807, 2.05) is 6.07 Å². The lowest BCUT2D eigenvalue weighted by atomic mass is 9.96. The summed E-state index contributed by atoms with van der Waals surface area (Å²) in [6.07, 6.45) is 3.89. The fraction of sp³-hybridized carbons (Fsp3) is 0.250. The lowest BCUT2D eigenvalue weighted by Gasteiger charge is -2.11. The maximum atomic E-state index is 8.68. The van der Waals surface area contributed by atoms with Crippen LogP contribution < -0.4 is 5.53 Å². The number of hydrogen-bond acceptors (Lipinski definition) is 1. The highest BCUT2D eigenvalue weighted by Crippen LogP contribution is 2.25. The van der Waals surface area contributed by atoms with Crippen LogP contribution in [0.15, 0.2) is 47.6 Å². The molecular weight excluding hydrogens is 262 g/mol. The molecule has 4 bridgehead atoms. The highest BCUT2D eigenvalue weighted by atomic mass is 15.1. The molecule has 21 heavy (non-hydrogen) atoms. The van der Waals surface area contributed by atoms with Crippen molar-refractivity contribution in [2.24, 2.45) is 5.11 Å². The van der Waals surface area contributed by atoms with Gasteiger partial charge < -0.3 is 11.1 Å². The summed E-state index contributed by atoms with van der Waals surface area (Å²) in [5.74, 6) is 0. The van der Waals surface area contributed by atoms with Gasteiger partial charge in [0, 0.05) is 10.6 Å². The first-order valence-corrected chi connectivity index (χ1v) is 6.86. The summed E-state index contributed by atoms with van der Waals surface area (Å²) >= 11 is 0. The number of rotatable bonds is 1. The van der Waals surface area contributed by atoms with Crippen molar-refractivity contribution in [2.75, 3.05) is 0 Å². The molecule has 2 N–H and O–H groups in total. The first kappa shape index (κ1) is 14.8. The number of hydrogen-bond donors (Lipinski definition) is 1. The Labute approximate surface area is 123 Å². The van der Waals surface area contributed by atoms with Crippen LogP contribution in [0.3, 0.4) is 0 Å². The standard InChI is InChI=1S/C16H15N3.H2N2/c17-19-18-16-11-14-6-5-12-1-3-13(4-2-12)7-9-15(16)10-8-14;1-2/h1-4,8,10-11H,5-7,9H2;1H2. The van der Waals surface area contributed by atoms with Crippen molar-refractivity contribution in [1.82, 2.24) is 0 Å². The minimum atomic E-state index is 0.787. The average Bonchev–Trinajstić information content (AvgIpc) is 2.53. The van der Waals surface area contributed by atoms with Gasteiger partial charge in [-0.05, 0) is 59.5 Å². The van der Waals surface area contributed by atoms with E-state index in [9.17, 15) is 0 Å². The van der Waals surface area contributed by atoms with Crippen molar-refractivity contribution in [2.45, 2.75) is 25.7 Å². The van der Waals surface area contributed by atoms with Crippen molar-refractivity contribution in [1.29, 1.82) is 0 Å². The zero-order valence-corrected chi connectivity index (χ0v) is 11.7. The molecule has 0 unspecified atom stereocenters. The maximum absolute atomic E-state index is 8.68. The predicted octanol–water partition coefficient (Wildman–Crippen LogP) is 3.28. The molecule has 2 aromatic rings. The van der Waals surface area contributed by atoms with Crippen LogP contribution in [0.1, 0.15) is 22.3 Å². The summed E-state index contributed by atoms with van der Waals surface area (Å²) in [5.41, 5.74) is 24.5. The Kier molecular flexibility index (Phi) is 5.07. The van der Waals surface area contributed by atoms with Gasteiger partial charge in [-0.3, -0.25) is 0 Å². The predicted molar refractivity (Wildman–Crippen MR) is 81.8 cm³/mol. The Morgan fingerprint density at radius 3 is 1.95 bits per heavy atom. The summed E-state index contributed by atoms with van der Waals surface area (Å²) in [4.78, 5) is 2.94. The van der Waals surface area contributed by atoms with Gasteiger partial charge in [0.2, 0.25) is 0 Å². The molecule has 5 nitrogen and oxygen atoms in total. The summed E-state index contributed by atoms with van der Waals surface area (Å²) in [5, 5.41) is 3.84. The zero-order chi connectivity index (χ0) is 15.1. The minimum Gasteiger partial charge on any atom is -0.510 e. The van der Waals surface area contributed by atoms with E-state index in [1.54, 1.807) is 0 Å². The molecule has 0 spiro atoms. The van der Waals surface area contributed by atoms with Crippen molar-refractivity contribution in [3.05, 3.63) is 80.7 Å². The van der Waals surface area contributed by atoms with Gasteiger partial charge in [-0.1, -0.05) is 41.5 Å². The maximum Gasteiger partial charge on any atom is 0.0410 e. The topological polar surface area (TPSA) is 96.7 Å². The molecule has 0 saturated heterocycles. The second-order valence-corrected chi connectivity index (χ2v) is 4.97. The number of nitrogens with two attached hydrogens (primary N) is 1. The number of nitrogens with zero attached hydrogens (tertiary/aromatic N) is 4. The van der Waals surface area contributed by atoms with Gasteiger partial charge in [0.25, 0.3) is 0 Å². The first-order chi connectivity index (χ1) is 10.3. The van der Waals surface area contributed by atoms with Crippen molar-refractivity contribution in [3.63, 3.8) is 0 Å². The molecule has 0 aliphatic heterocycles. The molecule has 0 saturated carbocycles. The van der Waals surface area contributed by atoms with Crippen LogP contribution in [0, 0.1) is 0 Å². The summed E-state index contributed by atoms with van der Waals surface area (Å²) in [6.45, 7) is 0. The van der Waals surface area contributed by atoms with E-state index in [2.05, 4.69) is 52.0 Å². The van der Waals surface area contributed by atoms with Gasteiger partial charge in [-0.25, -0.2) is 0 Å². The molecule has 0 fully saturated rings. The van der Waals surface area contributed by atoms with E-state index in [-0.39, 0.29) is 0 Å². The Morgan fingerprint density at radius 1 is 0.810 bits per heavy atom. The second kappa shape index (κ2) is 7.22. The quantitative estimate of drug-likeness (QED) is 0.471. The average molecular weight is 279 g/mol. The van der Waals surface area contributed by atoms with Crippen LogP contribution in [0.2, 0.25) is 0 Å². The fourth-order valence-electron chi connectivity index (χ4n) is 2.56. The fourth-order valence-corrected chi connectivity index (χ4v) is 2.56. The van der Waals surface area contributed by atoms with Crippen LogP contribution >= 0.6 is 0 Å². The Hall–Kier alpha value is -2.65. The van der Waals surface area contributed by atoms with Crippen LogP contribution in [-0.4, -0.2) is 0 Å². The van der Waals surface area contributed by atoms with Gasteiger partial charge in [0.15, 0.2) is 0 Å². The summed E-state index contributed by atoms with van der Waals surface area (Å²) < 4.78 is 0. The van der Waals surface area contributed by atoms with Crippen LogP contribution in [0.5, 0.6) is 0 Å². The van der Waals surface area contributed by atoms with Crippen molar-refractivity contribution < 1.29 is 5.53 Å². The highest BCUT2D eigenvalue weighted by molar-refractivity contribution is 5.49. The van der Waals surface area contributed by atoms with E-state index in [4.69, 9.17) is 11.1 Å². The minimum absolute atomic E-state index is 0.787. The van der Waals surface area contributed by atoms with Gasteiger partial charge in [-0.15, -0.1) is 0 Å². The van der Waals surface area contributed by atoms with Gasteiger partial charge in [-0.2, -0.15) is 0 Å². The molecule has 0 aromatic heterocycles. The number of azide groups is 1. The van der Waals surface area contributed by atoms with Gasteiger partial charge in [0.05, 0.1) is 0 Å². The SMILES string of the molecule is [N-]=[N+]=Nc1cc2ccc1CCc1ccc(cc1)CC2.[N-]=[NH2+]. The molecule has 106 valence electrons. The zero-order valence-electron chi connectivity index (χ0n) is 11.7. The first-order valence-electron chi connectivity index (χ1n) is 6.86. The normalized spacial score (nSPS) is 12.4. The van der Waals surface area contributed by atoms with Crippen LogP contribution in [-0.2, 0) is 25.7 Å². The third-order valence-electron chi connectivity index (χ3n) is 3.71. The highest BCUT2D eigenvalue weighted by Gasteiger charge is 2.06. The van der Waals surface area contributed by atoms with E-state index >= 15 is 0 Å². The van der Waals surface area contributed by atoms with E-state index in [0.29, 0.717) is 0 Å². The number of benzene rings is 2. The Morgan fingerprint density at radius 2 is 1.33 bits per heavy atom. The van der Waals surface area contributed by atoms with Gasteiger partial charge >= 0.3 is 0 Å². The molecular formula is C16H17N5. The van der Waals surface area contributed by atoms with Crippen LogP contribution in [0.4, 0.5) is 5.69 Å². The molecule has 0 amide bonds. The van der Waals surface area contributed by atoms with Crippen molar-refractivity contribution >= 4 is 5.69 Å². The van der Waals surface area contributed by atoms with E-state index in [0.717, 1.165) is 36.9 Å². The monoisotopic (exact) mass is 279 g/mol. The van der Waals surface area contributed by atoms with Crippen LogP contribution in [0.25, 0.3) is 16.0 Å². The lowest BCUT2D eigenvalue weighted by Crippen LogP contribution is -2.15. The molecule has 0 heterocycles. The van der Waals surface area contributed by atoms with Crippen molar-refractivity contribution in [3.8, 4) is 0 Å². The second-order valence-electron chi connectivity index (χ2n) is 4.97. The van der Waals surface area contributed by atoms with E-state index in [1.165, 1.54) is 16.7 Å². The number of aryl methyl sites for hydroxylation is 4. The van der Waals surface area contributed by atoms with E-state index < -0.39 is 0 Å². The molecule has 0 radical (unpaired) electrons. The molecule has 2 aromatic carbocycles. The lowest BCUT2D eigenvalue weighted by molar-refractivity contribution is -0.143. The molecule has 0 atom stereocenters. The smallest absolute Gasteiger partial charge is 0.0410 e. The summed E-state index contributed by atoms with van der Waals surface area (Å²) in [6, 6.07) is 15.1. The Balaban J connectivity index is 0.000000774. The Bertz CT molecular complexity index is 657. The molecule has 4 aliphatic rings. The third-order valence-corrected chi connectivity index (χ3v) is 3.71.